The lowest BCUT2D eigenvalue weighted by Crippen LogP contribution is -2.28. The van der Waals surface area contributed by atoms with Crippen LogP contribution in [0.2, 0.25) is 5.02 Å². The molecular formula is C14H21ClN2S. The third-order valence-corrected chi connectivity index (χ3v) is 4.59. The van der Waals surface area contributed by atoms with E-state index < -0.39 is 0 Å². The van der Waals surface area contributed by atoms with E-state index in [1.165, 1.54) is 29.2 Å². The first-order chi connectivity index (χ1) is 8.68. The molecule has 2 nitrogen and oxygen atoms in total. The number of hydrogen-bond donors (Lipinski definition) is 1. The molecule has 1 atom stereocenters. The second kappa shape index (κ2) is 6.69. The lowest BCUT2D eigenvalue weighted by molar-refractivity contribution is 0.729. The zero-order valence-corrected chi connectivity index (χ0v) is 12.4. The van der Waals surface area contributed by atoms with Crippen molar-refractivity contribution in [3.63, 3.8) is 0 Å². The number of hydrogen-bond acceptors (Lipinski definition) is 3. The molecule has 0 aromatic heterocycles. The quantitative estimate of drug-likeness (QED) is 0.924. The molecular weight excluding hydrogens is 264 g/mol. The van der Waals surface area contributed by atoms with Crippen molar-refractivity contribution >= 4 is 29.1 Å². The summed E-state index contributed by atoms with van der Waals surface area (Å²) in [5.41, 5.74) is 8.43. The van der Waals surface area contributed by atoms with E-state index in [0.717, 1.165) is 24.5 Å². The average Bonchev–Trinajstić information content (AvgIpc) is 2.60. The maximum Gasteiger partial charge on any atom is 0.0459 e. The molecule has 1 fully saturated rings. The molecule has 1 aromatic rings. The number of halogens is 1. The van der Waals surface area contributed by atoms with Crippen molar-refractivity contribution in [3.05, 3.63) is 28.8 Å². The third-order valence-electron chi connectivity index (χ3n) is 3.18. The van der Waals surface area contributed by atoms with Crippen molar-refractivity contribution in [2.75, 3.05) is 29.5 Å². The Balaban J connectivity index is 2.27. The van der Waals surface area contributed by atoms with Gasteiger partial charge in [-0.1, -0.05) is 17.7 Å². The predicted octanol–water partition coefficient (Wildman–Crippen LogP) is 3.17. The van der Waals surface area contributed by atoms with Gasteiger partial charge in [0.25, 0.3) is 0 Å². The van der Waals surface area contributed by atoms with Crippen molar-refractivity contribution in [2.24, 2.45) is 5.73 Å². The fourth-order valence-electron chi connectivity index (χ4n) is 2.35. The number of nitrogens with zero attached hydrogens (tertiary/aromatic N) is 1. The highest BCUT2D eigenvalue weighted by molar-refractivity contribution is 7.99. The van der Waals surface area contributed by atoms with Gasteiger partial charge >= 0.3 is 0 Å². The molecule has 1 saturated heterocycles. The van der Waals surface area contributed by atoms with E-state index >= 15 is 0 Å². The zero-order valence-electron chi connectivity index (χ0n) is 10.9. The first-order valence-corrected chi connectivity index (χ1v) is 8.07. The molecule has 0 amide bonds. The average molecular weight is 285 g/mol. The Morgan fingerprint density at radius 2 is 2.22 bits per heavy atom. The number of benzene rings is 1. The monoisotopic (exact) mass is 284 g/mol. The van der Waals surface area contributed by atoms with E-state index in [9.17, 15) is 0 Å². The summed E-state index contributed by atoms with van der Waals surface area (Å²) in [6, 6.07) is 6.33. The Hall–Kier alpha value is -0.380. The molecule has 18 heavy (non-hydrogen) atoms. The van der Waals surface area contributed by atoms with Crippen molar-refractivity contribution in [3.8, 4) is 0 Å². The number of anilines is 1. The first kappa shape index (κ1) is 14.0. The maximum atomic E-state index is 6.35. The Morgan fingerprint density at radius 3 is 3.00 bits per heavy atom. The lowest BCUT2D eigenvalue weighted by atomic mass is 10.0. The molecule has 1 unspecified atom stereocenters. The van der Waals surface area contributed by atoms with Gasteiger partial charge in [0.15, 0.2) is 0 Å². The summed E-state index contributed by atoms with van der Waals surface area (Å²) in [4.78, 5) is 2.46. The Morgan fingerprint density at radius 1 is 1.39 bits per heavy atom. The van der Waals surface area contributed by atoms with E-state index in [4.69, 9.17) is 17.3 Å². The highest BCUT2D eigenvalue weighted by Gasteiger charge is 2.16. The van der Waals surface area contributed by atoms with Crippen LogP contribution in [0.1, 0.15) is 18.9 Å². The lowest BCUT2D eigenvalue weighted by Gasteiger charge is -2.26. The second-order valence-electron chi connectivity index (χ2n) is 4.87. The molecule has 0 radical (unpaired) electrons. The summed E-state index contributed by atoms with van der Waals surface area (Å²) in [6.45, 7) is 4.27. The van der Waals surface area contributed by atoms with Crippen molar-refractivity contribution in [2.45, 2.75) is 25.8 Å². The van der Waals surface area contributed by atoms with Crippen LogP contribution in [0.25, 0.3) is 0 Å². The molecule has 4 heteroatoms. The van der Waals surface area contributed by atoms with Crippen LogP contribution in [-0.2, 0) is 6.42 Å². The van der Waals surface area contributed by atoms with Gasteiger partial charge in [-0.15, -0.1) is 0 Å². The summed E-state index contributed by atoms with van der Waals surface area (Å²) >= 11 is 8.38. The van der Waals surface area contributed by atoms with Crippen LogP contribution in [0.4, 0.5) is 5.69 Å². The molecule has 1 aromatic carbocycles. The molecule has 2 rings (SSSR count). The molecule has 100 valence electrons. The van der Waals surface area contributed by atoms with Gasteiger partial charge in [-0.2, -0.15) is 11.8 Å². The van der Waals surface area contributed by atoms with E-state index in [0.29, 0.717) is 0 Å². The Kier molecular flexibility index (Phi) is 5.22. The molecule has 0 bridgehead atoms. The van der Waals surface area contributed by atoms with Crippen LogP contribution in [0, 0.1) is 0 Å². The topological polar surface area (TPSA) is 29.3 Å². The first-order valence-electron chi connectivity index (χ1n) is 6.54. The van der Waals surface area contributed by atoms with Gasteiger partial charge in [0, 0.05) is 35.6 Å². The molecule has 1 aliphatic heterocycles. The van der Waals surface area contributed by atoms with Crippen LogP contribution in [-0.4, -0.2) is 30.6 Å². The smallest absolute Gasteiger partial charge is 0.0459 e. The van der Waals surface area contributed by atoms with Crippen LogP contribution in [0.5, 0.6) is 0 Å². The highest BCUT2D eigenvalue weighted by atomic mass is 35.5. The molecule has 2 N–H and O–H groups in total. The van der Waals surface area contributed by atoms with Gasteiger partial charge in [-0.3, -0.25) is 0 Å². The summed E-state index contributed by atoms with van der Waals surface area (Å²) in [5, 5.41) is 0.849. The van der Waals surface area contributed by atoms with Crippen LogP contribution in [0.15, 0.2) is 18.2 Å². The zero-order chi connectivity index (χ0) is 13.0. The van der Waals surface area contributed by atoms with Gasteiger partial charge in [-0.05, 0) is 43.2 Å². The van der Waals surface area contributed by atoms with E-state index in [1.807, 2.05) is 30.8 Å². The van der Waals surface area contributed by atoms with Crippen molar-refractivity contribution < 1.29 is 0 Å². The molecule has 0 spiro atoms. The summed E-state index contributed by atoms with van der Waals surface area (Å²) < 4.78 is 0. The van der Waals surface area contributed by atoms with Gasteiger partial charge in [0.2, 0.25) is 0 Å². The predicted molar refractivity (Wildman–Crippen MR) is 83.0 cm³/mol. The summed E-state index contributed by atoms with van der Waals surface area (Å²) in [6.07, 6.45) is 2.09. The van der Waals surface area contributed by atoms with Gasteiger partial charge in [0.05, 0.1) is 0 Å². The second-order valence-corrected chi connectivity index (χ2v) is 6.50. The summed E-state index contributed by atoms with van der Waals surface area (Å²) in [5.74, 6) is 2.46. The fourth-order valence-corrected chi connectivity index (χ4v) is 3.49. The van der Waals surface area contributed by atoms with E-state index in [-0.39, 0.29) is 6.04 Å². The minimum atomic E-state index is 0.144. The number of rotatable bonds is 3. The molecule has 0 aliphatic carbocycles. The van der Waals surface area contributed by atoms with E-state index in [1.54, 1.807) is 0 Å². The van der Waals surface area contributed by atoms with Gasteiger partial charge in [-0.25, -0.2) is 0 Å². The number of thioether (sulfide) groups is 1. The number of nitrogens with two attached hydrogens (primary N) is 1. The normalized spacial score (nSPS) is 18.5. The van der Waals surface area contributed by atoms with E-state index in [2.05, 4.69) is 11.0 Å². The molecule has 1 heterocycles. The highest BCUT2D eigenvalue weighted by Crippen LogP contribution is 2.30. The van der Waals surface area contributed by atoms with Gasteiger partial charge < -0.3 is 10.6 Å². The van der Waals surface area contributed by atoms with Crippen molar-refractivity contribution in [1.82, 2.24) is 0 Å². The largest absolute Gasteiger partial charge is 0.370 e. The molecule has 1 aliphatic rings. The van der Waals surface area contributed by atoms with Crippen LogP contribution in [0.3, 0.4) is 0 Å². The standard InChI is InChI=1S/C14H21ClN2S/c1-11(16)10-12-13(15)4-2-5-14(12)17-6-3-8-18-9-7-17/h2,4-5,11H,3,6-10,16H2,1H3. The fraction of sp³-hybridized carbons (Fsp3) is 0.571. The minimum Gasteiger partial charge on any atom is -0.370 e. The van der Waals surface area contributed by atoms with Crippen molar-refractivity contribution in [1.29, 1.82) is 0 Å². The Bertz CT molecular complexity index is 387. The maximum absolute atomic E-state index is 6.35. The van der Waals surface area contributed by atoms with Crippen LogP contribution < -0.4 is 10.6 Å². The van der Waals surface area contributed by atoms with Crippen LogP contribution >= 0.6 is 23.4 Å². The Labute approximate surface area is 119 Å². The van der Waals surface area contributed by atoms with Gasteiger partial charge in [0.1, 0.15) is 0 Å². The SMILES string of the molecule is CC(N)Cc1c(Cl)cccc1N1CCCSCC1. The summed E-state index contributed by atoms with van der Waals surface area (Å²) in [7, 11) is 0. The minimum absolute atomic E-state index is 0.144. The molecule has 0 saturated carbocycles. The third kappa shape index (κ3) is 3.56.